The minimum atomic E-state index is -0.0341. The fourth-order valence-corrected chi connectivity index (χ4v) is 3.57. The first-order chi connectivity index (χ1) is 11.7. The van der Waals surface area contributed by atoms with E-state index in [2.05, 4.69) is 34.2 Å². The van der Waals surface area contributed by atoms with Crippen molar-refractivity contribution in [2.45, 2.75) is 0 Å². The average Bonchev–Trinajstić information content (AvgIpc) is 2.87. The summed E-state index contributed by atoms with van der Waals surface area (Å²) < 4.78 is 1.17. The average molecular weight is 446 g/mol. The lowest BCUT2D eigenvalue weighted by molar-refractivity contribution is -0.121. The Kier molecular flexibility index (Phi) is 5.52. The van der Waals surface area contributed by atoms with Gasteiger partial charge in [0.25, 0.3) is 5.91 Å². The molecule has 2 aromatic carbocycles. The molecule has 1 aliphatic heterocycles. The summed E-state index contributed by atoms with van der Waals surface area (Å²) in [5.74, 6) is -0.0341. The Hall–Kier alpha value is -1.86. The molecule has 3 rings (SSSR count). The number of amides is 1. The lowest BCUT2D eigenvalue weighted by Gasteiger charge is -2.12. The van der Waals surface area contributed by atoms with Gasteiger partial charge in [0.05, 0.1) is 10.6 Å². The van der Waals surface area contributed by atoms with Crippen LogP contribution in [0.1, 0.15) is 5.56 Å². The summed E-state index contributed by atoms with van der Waals surface area (Å²) in [7, 11) is 0. The van der Waals surface area contributed by atoms with Gasteiger partial charge in [-0.2, -0.15) is 0 Å². The molecule has 5 heteroatoms. The second-order valence-corrected chi connectivity index (χ2v) is 7.35. The standard InChI is InChI=1S/C19H15IN2OS/c1-2-12-22-18(23)17(13-14-8-10-15(20)11-9-14)24-19(22)21-16-6-4-3-5-7-16/h2-11,13H,1,12H2/b17-13+,21-19?. The van der Waals surface area contributed by atoms with Crippen LogP contribution in [0.2, 0.25) is 0 Å². The number of hydrogen-bond acceptors (Lipinski definition) is 3. The van der Waals surface area contributed by atoms with Crippen LogP contribution < -0.4 is 0 Å². The summed E-state index contributed by atoms with van der Waals surface area (Å²) >= 11 is 3.66. The Morgan fingerprint density at radius 1 is 1.12 bits per heavy atom. The van der Waals surface area contributed by atoms with Crippen LogP contribution in [-0.4, -0.2) is 22.5 Å². The molecule has 1 amide bonds. The van der Waals surface area contributed by atoms with Crippen molar-refractivity contribution in [1.29, 1.82) is 0 Å². The van der Waals surface area contributed by atoms with Crippen molar-refractivity contribution < 1.29 is 4.79 Å². The summed E-state index contributed by atoms with van der Waals surface area (Å²) in [5, 5.41) is 0.683. The highest BCUT2D eigenvalue weighted by atomic mass is 127. The number of amidine groups is 1. The molecule has 0 aromatic heterocycles. The molecule has 0 unspecified atom stereocenters. The van der Waals surface area contributed by atoms with E-state index in [0.29, 0.717) is 16.6 Å². The first-order valence-electron chi connectivity index (χ1n) is 7.39. The van der Waals surface area contributed by atoms with E-state index in [0.717, 1.165) is 11.3 Å². The zero-order chi connectivity index (χ0) is 16.9. The van der Waals surface area contributed by atoms with Crippen molar-refractivity contribution in [1.82, 2.24) is 4.90 Å². The number of carbonyl (C=O) groups is 1. The largest absolute Gasteiger partial charge is 0.283 e. The van der Waals surface area contributed by atoms with Gasteiger partial charge >= 0.3 is 0 Å². The quantitative estimate of drug-likeness (QED) is 0.373. The normalized spacial score (nSPS) is 17.7. The van der Waals surface area contributed by atoms with Gasteiger partial charge in [-0.15, -0.1) is 6.58 Å². The third kappa shape index (κ3) is 3.96. The predicted octanol–water partition coefficient (Wildman–Crippen LogP) is 5.08. The summed E-state index contributed by atoms with van der Waals surface area (Å²) in [6.45, 7) is 4.19. The van der Waals surface area contributed by atoms with Crippen LogP contribution in [0, 0.1) is 3.57 Å². The second-order valence-electron chi connectivity index (χ2n) is 5.10. The van der Waals surface area contributed by atoms with Gasteiger partial charge in [-0.1, -0.05) is 36.4 Å². The van der Waals surface area contributed by atoms with E-state index >= 15 is 0 Å². The van der Waals surface area contributed by atoms with Crippen LogP contribution in [0.15, 0.2) is 77.1 Å². The van der Waals surface area contributed by atoms with Gasteiger partial charge in [-0.3, -0.25) is 9.69 Å². The lowest BCUT2D eigenvalue weighted by Crippen LogP contribution is -2.29. The van der Waals surface area contributed by atoms with Crippen molar-refractivity contribution in [2.24, 2.45) is 4.99 Å². The predicted molar refractivity (Wildman–Crippen MR) is 110 cm³/mol. The molecule has 0 spiro atoms. The highest BCUT2D eigenvalue weighted by molar-refractivity contribution is 14.1. The molecule has 0 N–H and O–H groups in total. The molecule has 2 aromatic rings. The molecule has 1 heterocycles. The summed E-state index contributed by atoms with van der Waals surface area (Å²) in [6, 6.07) is 17.7. The minimum Gasteiger partial charge on any atom is -0.283 e. The molecular weight excluding hydrogens is 431 g/mol. The zero-order valence-corrected chi connectivity index (χ0v) is 15.8. The van der Waals surface area contributed by atoms with Crippen molar-refractivity contribution in [3.05, 3.63) is 81.3 Å². The van der Waals surface area contributed by atoms with Gasteiger partial charge in [-0.25, -0.2) is 4.99 Å². The molecule has 0 aliphatic carbocycles. The first kappa shape index (κ1) is 17.0. The fraction of sp³-hybridized carbons (Fsp3) is 0.0526. The summed E-state index contributed by atoms with van der Waals surface area (Å²) in [6.07, 6.45) is 3.62. The van der Waals surface area contributed by atoms with E-state index in [1.54, 1.807) is 11.0 Å². The topological polar surface area (TPSA) is 32.7 Å². The van der Waals surface area contributed by atoms with Crippen molar-refractivity contribution in [2.75, 3.05) is 6.54 Å². The van der Waals surface area contributed by atoms with Gasteiger partial charge < -0.3 is 0 Å². The second kappa shape index (κ2) is 7.81. The highest BCUT2D eigenvalue weighted by Gasteiger charge is 2.32. The van der Waals surface area contributed by atoms with Gasteiger partial charge in [0.15, 0.2) is 5.17 Å². The number of aliphatic imine (C=N–C) groups is 1. The molecule has 0 radical (unpaired) electrons. The van der Waals surface area contributed by atoms with Gasteiger partial charge in [0, 0.05) is 10.1 Å². The van der Waals surface area contributed by atoms with Crippen LogP contribution in [0.4, 0.5) is 5.69 Å². The number of rotatable bonds is 4. The maximum absolute atomic E-state index is 12.7. The van der Waals surface area contributed by atoms with E-state index < -0.39 is 0 Å². The maximum atomic E-state index is 12.7. The molecule has 1 aliphatic rings. The van der Waals surface area contributed by atoms with E-state index in [4.69, 9.17) is 0 Å². The van der Waals surface area contributed by atoms with E-state index in [9.17, 15) is 4.79 Å². The molecule has 120 valence electrons. The molecule has 1 saturated heterocycles. The smallest absolute Gasteiger partial charge is 0.267 e. The molecule has 0 bridgehead atoms. The third-order valence-electron chi connectivity index (χ3n) is 3.35. The number of halogens is 1. The molecule has 1 fully saturated rings. The molecular formula is C19H15IN2OS. The van der Waals surface area contributed by atoms with Gasteiger partial charge in [0.1, 0.15) is 0 Å². The molecule has 0 saturated carbocycles. The van der Waals surface area contributed by atoms with E-state index in [1.165, 1.54) is 15.3 Å². The Morgan fingerprint density at radius 3 is 2.50 bits per heavy atom. The maximum Gasteiger partial charge on any atom is 0.267 e. The fourth-order valence-electron chi connectivity index (χ4n) is 2.20. The van der Waals surface area contributed by atoms with Crippen LogP contribution in [0.5, 0.6) is 0 Å². The Balaban J connectivity index is 1.93. The number of hydrogen-bond donors (Lipinski definition) is 0. The van der Waals surface area contributed by atoms with Crippen molar-refractivity contribution in [3.8, 4) is 0 Å². The zero-order valence-electron chi connectivity index (χ0n) is 12.9. The van der Waals surface area contributed by atoms with Crippen LogP contribution in [-0.2, 0) is 4.79 Å². The van der Waals surface area contributed by atoms with Crippen molar-refractivity contribution in [3.63, 3.8) is 0 Å². The number of nitrogens with zero attached hydrogens (tertiary/aromatic N) is 2. The Bertz CT molecular complexity index is 813. The number of para-hydroxylation sites is 1. The molecule has 24 heavy (non-hydrogen) atoms. The van der Waals surface area contributed by atoms with Gasteiger partial charge in [0.2, 0.25) is 0 Å². The van der Waals surface area contributed by atoms with Crippen molar-refractivity contribution >= 4 is 57.2 Å². The Labute approximate surface area is 159 Å². The molecule has 0 atom stereocenters. The third-order valence-corrected chi connectivity index (χ3v) is 5.07. The summed E-state index contributed by atoms with van der Waals surface area (Å²) in [5.41, 5.74) is 1.84. The summed E-state index contributed by atoms with van der Waals surface area (Å²) in [4.78, 5) is 19.6. The van der Waals surface area contributed by atoms with E-state index in [-0.39, 0.29) is 5.91 Å². The SMILES string of the molecule is C=CCN1C(=O)/C(=C\c2ccc(I)cc2)SC1=Nc1ccccc1. The van der Waals surface area contributed by atoms with Gasteiger partial charge in [-0.05, 0) is 70.3 Å². The molecule has 3 nitrogen and oxygen atoms in total. The lowest BCUT2D eigenvalue weighted by atomic mass is 10.2. The van der Waals surface area contributed by atoms with Crippen LogP contribution >= 0.6 is 34.4 Å². The highest BCUT2D eigenvalue weighted by Crippen LogP contribution is 2.34. The van der Waals surface area contributed by atoms with Crippen LogP contribution in [0.3, 0.4) is 0 Å². The minimum absolute atomic E-state index is 0.0341. The Morgan fingerprint density at radius 2 is 1.83 bits per heavy atom. The van der Waals surface area contributed by atoms with Crippen LogP contribution in [0.25, 0.3) is 6.08 Å². The number of carbonyl (C=O) groups excluding carboxylic acids is 1. The number of benzene rings is 2. The first-order valence-corrected chi connectivity index (χ1v) is 9.28. The number of thioether (sulfide) groups is 1. The monoisotopic (exact) mass is 446 g/mol. The van der Waals surface area contributed by atoms with E-state index in [1.807, 2.05) is 60.7 Å².